The van der Waals surface area contributed by atoms with E-state index < -0.39 is 11.9 Å². The molecule has 0 bridgehead atoms. The van der Waals surface area contributed by atoms with Gasteiger partial charge in [-0.05, 0) is 25.0 Å². The van der Waals surface area contributed by atoms with Gasteiger partial charge >= 0.3 is 5.97 Å². The van der Waals surface area contributed by atoms with Crippen LogP contribution in [0.2, 0.25) is 5.02 Å². The van der Waals surface area contributed by atoms with Gasteiger partial charge in [0.25, 0.3) is 0 Å². The second-order valence-electron chi connectivity index (χ2n) is 3.57. The number of hydrogen-bond donors (Lipinski definition) is 1. The number of hydrogen-bond acceptors (Lipinski definition) is 1. The molecule has 0 aromatic heterocycles. The van der Waals surface area contributed by atoms with Crippen molar-refractivity contribution in [3.8, 4) is 0 Å². The Kier molecular flexibility index (Phi) is 4.84. The molecular formula is C12H12Cl2O2. The summed E-state index contributed by atoms with van der Waals surface area (Å²) in [5, 5.41) is 9.64. The Labute approximate surface area is 104 Å². The molecule has 16 heavy (non-hydrogen) atoms. The van der Waals surface area contributed by atoms with Crippen LogP contribution in [0.5, 0.6) is 0 Å². The standard InChI is InChI=1S/C12H12Cl2O2/c1-8(7-13)6-10(12(15)16)9-4-2-3-5-11(9)14/h2-5,7,10H,6H2,1H3,(H,15,16)/b8-7-. The molecule has 0 aliphatic heterocycles. The average Bonchev–Trinajstić information content (AvgIpc) is 2.26. The summed E-state index contributed by atoms with van der Waals surface area (Å²) in [6, 6.07) is 6.96. The van der Waals surface area contributed by atoms with E-state index in [1.54, 1.807) is 31.2 Å². The fourth-order valence-corrected chi connectivity index (χ4v) is 1.81. The van der Waals surface area contributed by atoms with E-state index >= 15 is 0 Å². The summed E-state index contributed by atoms with van der Waals surface area (Å²) in [7, 11) is 0. The minimum Gasteiger partial charge on any atom is -0.481 e. The zero-order valence-corrected chi connectivity index (χ0v) is 10.3. The van der Waals surface area contributed by atoms with E-state index in [0.717, 1.165) is 5.57 Å². The van der Waals surface area contributed by atoms with Crippen molar-refractivity contribution in [2.75, 3.05) is 0 Å². The van der Waals surface area contributed by atoms with Crippen LogP contribution in [-0.4, -0.2) is 11.1 Å². The number of benzene rings is 1. The van der Waals surface area contributed by atoms with E-state index in [1.807, 2.05) is 0 Å². The van der Waals surface area contributed by atoms with Crippen LogP contribution in [0.3, 0.4) is 0 Å². The predicted octanol–water partition coefficient (Wildman–Crippen LogP) is 4.04. The predicted molar refractivity (Wildman–Crippen MR) is 66.1 cm³/mol. The van der Waals surface area contributed by atoms with Crippen LogP contribution in [0.25, 0.3) is 0 Å². The van der Waals surface area contributed by atoms with E-state index in [-0.39, 0.29) is 0 Å². The molecule has 0 saturated heterocycles. The molecule has 0 aliphatic rings. The third kappa shape index (κ3) is 3.26. The van der Waals surface area contributed by atoms with E-state index in [9.17, 15) is 4.79 Å². The van der Waals surface area contributed by atoms with E-state index in [2.05, 4.69) is 0 Å². The van der Waals surface area contributed by atoms with Crippen LogP contribution in [0.15, 0.2) is 35.4 Å². The second kappa shape index (κ2) is 5.92. The topological polar surface area (TPSA) is 37.3 Å². The van der Waals surface area contributed by atoms with Crippen LogP contribution in [0.4, 0.5) is 0 Å². The fourth-order valence-electron chi connectivity index (χ4n) is 1.45. The Hall–Kier alpha value is -0.990. The first-order chi connectivity index (χ1) is 7.56. The van der Waals surface area contributed by atoms with Gasteiger partial charge in [0.2, 0.25) is 0 Å². The first-order valence-electron chi connectivity index (χ1n) is 4.79. The van der Waals surface area contributed by atoms with Gasteiger partial charge in [0, 0.05) is 10.6 Å². The number of carboxylic acids is 1. The molecule has 0 fully saturated rings. The lowest BCUT2D eigenvalue weighted by molar-refractivity contribution is -0.138. The lowest BCUT2D eigenvalue weighted by Gasteiger charge is -2.14. The van der Waals surface area contributed by atoms with Crippen molar-refractivity contribution in [1.29, 1.82) is 0 Å². The summed E-state index contributed by atoms with van der Waals surface area (Å²) in [4.78, 5) is 11.2. The van der Waals surface area contributed by atoms with Gasteiger partial charge in [-0.1, -0.05) is 47.0 Å². The normalized spacial score (nSPS) is 13.6. The highest BCUT2D eigenvalue weighted by molar-refractivity contribution is 6.31. The monoisotopic (exact) mass is 258 g/mol. The maximum atomic E-state index is 11.2. The molecule has 0 aliphatic carbocycles. The van der Waals surface area contributed by atoms with Crippen LogP contribution < -0.4 is 0 Å². The van der Waals surface area contributed by atoms with Gasteiger partial charge in [0.1, 0.15) is 0 Å². The smallest absolute Gasteiger partial charge is 0.311 e. The Morgan fingerprint density at radius 1 is 1.50 bits per heavy atom. The highest BCUT2D eigenvalue weighted by Crippen LogP contribution is 2.29. The number of aliphatic carboxylic acids is 1. The highest BCUT2D eigenvalue weighted by atomic mass is 35.5. The van der Waals surface area contributed by atoms with Gasteiger partial charge in [-0.25, -0.2) is 0 Å². The van der Waals surface area contributed by atoms with Gasteiger partial charge in [-0.15, -0.1) is 0 Å². The molecule has 1 aromatic rings. The Morgan fingerprint density at radius 3 is 2.62 bits per heavy atom. The number of carbonyl (C=O) groups is 1. The Morgan fingerprint density at radius 2 is 2.12 bits per heavy atom. The van der Waals surface area contributed by atoms with Crippen LogP contribution in [-0.2, 0) is 4.79 Å². The summed E-state index contributed by atoms with van der Waals surface area (Å²) in [5.41, 5.74) is 2.83. The van der Waals surface area contributed by atoms with Gasteiger partial charge in [0.05, 0.1) is 5.92 Å². The van der Waals surface area contributed by atoms with Crippen LogP contribution in [0.1, 0.15) is 24.8 Å². The Balaban J connectivity index is 3.04. The van der Waals surface area contributed by atoms with Crippen molar-refractivity contribution >= 4 is 29.2 Å². The summed E-state index contributed by atoms with van der Waals surface area (Å²) in [5.74, 6) is -1.55. The third-order valence-electron chi connectivity index (χ3n) is 2.29. The quantitative estimate of drug-likeness (QED) is 0.885. The van der Waals surface area contributed by atoms with Crippen molar-refractivity contribution < 1.29 is 9.90 Å². The zero-order valence-electron chi connectivity index (χ0n) is 8.78. The first kappa shape index (κ1) is 13.1. The number of halogens is 2. The molecule has 1 unspecified atom stereocenters. The SMILES string of the molecule is C/C(=C/Cl)CC(C(=O)O)c1ccccc1Cl. The van der Waals surface area contributed by atoms with Crippen molar-refractivity contribution in [2.45, 2.75) is 19.3 Å². The molecule has 0 saturated carbocycles. The van der Waals surface area contributed by atoms with Gasteiger partial charge in [-0.2, -0.15) is 0 Å². The zero-order chi connectivity index (χ0) is 12.1. The minimum absolute atomic E-state index is 0.364. The average molecular weight is 259 g/mol. The minimum atomic E-state index is -0.897. The second-order valence-corrected chi connectivity index (χ2v) is 4.20. The van der Waals surface area contributed by atoms with Gasteiger partial charge in [-0.3, -0.25) is 4.79 Å². The molecule has 1 aromatic carbocycles. The maximum Gasteiger partial charge on any atom is 0.311 e. The number of rotatable bonds is 4. The third-order valence-corrected chi connectivity index (χ3v) is 3.01. The molecular weight excluding hydrogens is 247 g/mol. The van der Waals surface area contributed by atoms with Crippen molar-refractivity contribution in [1.82, 2.24) is 0 Å². The molecule has 86 valence electrons. The molecule has 4 heteroatoms. The van der Waals surface area contributed by atoms with Crippen molar-refractivity contribution in [3.63, 3.8) is 0 Å². The maximum absolute atomic E-state index is 11.2. The summed E-state index contributed by atoms with van der Waals surface area (Å²) >= 11 is 11.5. The largest absolute Gasteiger partial charge is 0.481 e. The van der Waals surface area contributed by atoms with Gasteiger partial charge < -0.3 is 5.11 Å². The molecule has 0 spiro atoms. The molecule has 0 radical (unpaired) electrons. The summed E-state index contributed by atoms with van der Waals surface area (Å²) in [6.07, 6.45) is 0.364. The summed E-state index contributed by atoms with van der Waals surface area (Å²) < 4.78 is 0. The van der Waals surface area contributed by atoms with Crippen LogP contribution in [0, 0.1) is 0 Å². The fraction of sp³-hybridized carbons (Fsp3) is 0.250. The van der Waals surface area contributed by atoms with E-state index in [0.29, 0.717) is 17.0 Å². The molecule has 1 rings (SSSR count). The number of allylic oxidation sites excluding steroid dienone is 1. The van der Waals surface area contributed by atoms with Crippen molar-refractivity contribution in [2.24, 2.45) is 0 Å². The molecule has 1 N–H and O–H groups in total. The summed E-state index contributed by atoms with van der Waals surface area (Å²) in [6.45, 7) is 1.79. The van der Waals surface area contributed by atoms with E-state index in [4.69, 9.17) is 28.3 Å². The molecule has 1 atom stereocenters. The molecule has 0 amide bonds. The van der Waals surface area contributed by atoms with E-state index in [1.165, 1.54) is 5.54 Å². The molecule has 0 heterocycles. The lowest BCUT2D eigenvalue weighted by atomic mass is 9.93. The Bertz CT molecular complexity index is 413. The van der Waals surface area contributed by atoms with Crippen molar-refractivity contribution in [3.05, 3.63) is 46.0 Å². The number of carboxylic acid groups (broad SMARTS) is 1. The van der Waals surface area contributed by atoms with Gasteiger partial charge in [0.15, 0.2) is 0 Å². The highest BCUT2D eigenvalue weighted by Gasteiger charge is 2.22. The lowest BCUT2D eigenvalue weighted by Crippen LogP contribution is -2.12. The van der Waals surface area contributed by atoms with Crippen LogP contribution >= 0.6 is 23.2 Å². The molecule has 2 nitrogen and oxygen atoms in total. The first-order valence-corrected chi connectivity index (χ1v) is 5.60.